The van der Waals surface area contributed by atoms with E-state index in [4.69, 9.17) is 14.7 Å². The minimum Gasteiger partial charge on any atom is -0.444 e. The predicted molar refractivity (Wildman–Crippen MR) is 123 cm³/mol. The molecule has 1 aliphatic rings. The second-order valence-electron chi connectivity index (χ2n) is 9.24. The van der Waals surface area contributed by atoms with Gasteiger partial charge in [0.25, 0.3) is 5.91 Å². The summed E-state index contributed by atoms with van der Waals surface area (Å²) >= 11 is 0. The fraction of sp³-hybridized carbons (Fsp3) is 0.400. The Labute approximate surface area is 203 Å². The number of hydrogen-bond donors (Lipinski definition) is 1. The molecule has 1 saturated heterocycles. The number of hydrogen-bond acceptors (Lipinski definition) is 7. The Kier molecular flexibility index (Phi) is 7.37. The predicted octanol–water partition coefficient (Wildman–Crippen LogP) is 2.95. The van der Waals surface area contributed by atoms with E-state index in [1.54, 1.807) is 45.0 Å². The van der Waals surface area contributed by atoms with Crippen molar-refractivity contribution < 1.29 is 23.5 Å². The van der Waals surface area contributed by atoms with Gasteiger partial charge < -0.3 is 19.7 Å². The van der Waals surface area contributed by atoms with Crippen LogP contribution in [0.5, 0.6) is 0 Å². The molecule has 1 unspecified atom stereocenters. The van der Waals surface area contributed by atoms with Crippen LogP contribution in [-0.2, 0) is 20.7 Å². The lowest BCUT2D eigenvalue weighted by Gasteiger charge is -2.47. The van der Waals surface area contributed by atoms with Crippen LogP contribution in [0.2, 0.25) is 0 Å². The molecular formula is C25H26FN5O4. The Morgan fingerprint density at radius 2 is 1.89 bits per heavy atom. The average molecular weight is 480 g/mol. The topological polar surface area (TPSA) is 128 Å². The quantitative estimate of drug-likeness (QED) is 0.674. The van der Waals surface area contributed by atoms with Gasteiger partial charge in [0.15, 0.2) is 5.60 Å². The van der Waals surface area contributed by atoms with E-state index in [2.05, 4.69) is 10.3 Å². The molecule has 2 aromatic rings. The first kappa shape index (κ1) is 25.6. The molecule has 35 heavy (non-hydrogen) atoms. The van der Waals surface area contributed by atoms with Crippen LogP contribution in [0.4, 0.5) is 9.18 Å². The number of methoxy groups -OCH3 is 1. The number of ether oxygens (including phenoxy) is 2. The first-order valence-electron chi connectivity index (χ1n) is 10.9. The smallest absolute Gasteiger partial charge is 0.410 e. The van der Waals surface area contributed by atoms with Gasteiger partial charge in [0.2, 0.25) is 0 Å². The molecule has 10 heteroatoms. The minimum absolute atomic E-state index is 0.0182. The first-order valence-corrected chi connectivity index (χ1v) is 10.9. The molecule has 9 nitrogen and oxygen atoms in total. The van der Waals surface area contributed by atoms with Crippen LogP contribution in [-0.4, -0.2) is 59.3 Å². The number of likely N-dealkylation sites (tertiary alicyclic amines) is 1. The molecule has 0 bridgehead atoms. The highest BCUT2D eigenvalue weighted by molar-refractivity contribution is 5.89. The minimum atomic E-state index is -1.32. The van der Waals surface area contributed by atoms with E-state index in [-0.39, 0.29) is 25.2 Å². The second-order valence-corrected chi connectivity index (χ2v) is 9.24. The molecule has 1 atom stereocenters. The lowest BCUT2D eigenvalue weighted by atomic mass is 9.92. The van der Waals surface area contributed by atoms with Gasteiger partial charge >= 0.3 is 6.09 Å². The molecule has 0 saturated carbocycles. The van der Waals surface area contributed by atoms with Crippen molar-refractivity contribution in [1.29, 1.82) is 10.5 Å². The van der Waals surface area contributed by atoms with Gasteiger partial charge in [-0.05, 0) is 44.5 Å². The van der Waals surface area contributed by atoms with Crippen molar-refractivity contribution in [2.24, 2.45) is 0 Å². The van der Waals surface area contributed by atoms with Crippen LogP contribution in [0.1, 0.15) is 32.0 Å². The molecule has 1 fully saturated rings. The number of carbonyl (C=O) groups is 2. The van der Waals surface area contributed by atoms with E-state index in [0.717, 1.165) is 0 Å². The Morgan fingerprint density at radius 1 is 1.23 bits per heavy atom. The number of nitrogens with one attached hydrogen (secondary N) is 1. The summed E-state index contributed by atoms with van der Waals surface area (Å²) in [4.78, 5) is 30.5. The zero-order chi connectivity index (χ0) is 25.8. The molecule has 0 radical (unpaired) electrons. The number of halogens is 1. The zero-order valence-electron chi connectivity index (χ0n) is 20.0. The molecule has 2 heterocycles. The largest absolute Gasteiger partial charge is 0.444 e. The average Bonchev–Trinajstić information content (AvgIpc) is 2.78. The third kappa shape index (κ3) is 5.92. The van der Waals surface area contributed by atoms with E-state index >= 15 is 0 Å². The number of pyridine rings is 1. The van der Waals surface area contributed by atoms with Crippen LogP contribution in [0.3, 0.4) is 0 Å². The van der Waals surface area contributed by atoms with Gasteiger partial charge in [-0.3, -0.25) is 9.78 Å². The summed E-state index contributed by atoms with van der Waals surface area (Å²) in [6.45, 7) is 5.15. The summed E-state index contributed by atoms with van der Waals surface area (Å²) in [7, 11) is 1.34. The summed E-state index contributed by atoms with van der Waals surface area (Å²) in [6, 6.07) is 10.8. The Bertz CT molecular complexity index is 1190. The summed E-state index contributed by atoms with van der Waals surface area (Å²) in [6.07, 6.45) is 0.748. The molecule has 0 spiro atoms. The number of amides is 2. The maximum atomic E-state index is 14.7. The van der Waals surface area contributed by atoms with Gasteiger partial charge in [0, 0.05) is 25.3 Å². The Balaban J connectivity index is 1.64. The molecule has 1 N–H and O–H groups in total. The number of aromatic nitrogens is 1. The molecule has 1 aromatic carbocycles. The number of nitrogens with zero attached hydrogens (tertiary/aromatic N) is 4. The highest BCUT2D eigenvalue weighted by Crippen LogP contribution is 2.27. The fourth-order valence-corrected chi connectivity index (χ4v) is 3.51. The van der Waals surface area contributed by atoms with Gasteiger partial charge in [0.1, 0.15) is 17.5 Å². The van der Waals surface area contributed by atoms with Gasteiger partial charge in [-0.25, -0.2) is 9.18 Å². The third-order valence-corrected chi connectivity index (χ3v) is 5.47. The van der Waals surface area contributed by atoms with Gasteiger partial charge in [-0.1, -0.05) is 12.1 Å². The van der Waals surface area contributed by atoms with Crippen LogP contribution in [0.25, 0.3) is 11.1 Å². The SMILES string of the molecule is COC1(C(=O)NC(C#N)Cc2ncc(-c3ccc(C#N)cc3)cc2F)CN(C(=O)OC(C)(C)C)C1. The molecule has 0 aliphatic carbocycles. The van der Waals surface area contributed by atoms with E-state index in [1.807, 2.05) is 12.1 Å². The monoisotopic (exact) mass is 479 g/mol. The van der Waals surface area contributed by atoms with Crippen molar-refractivity contribution in [2.75, 3.05) is 20.2 Å². The summed E-state index contributed by atoms with van der Waals surface area (Å²) in [5.74, 6) is -1.21. The van der Waals surface area contributed by atoms with Crippen molar-refractivity contribution in [1.82, 2.24) is 15.2 Å². The van der Waals surface area contributed by atoms with Crippen molar-refractivity contribution in [2.45, 2.75) is 44.4 Å². The maximum Gasteiger partial charge on any atom is 0.410 e. The lowest BCUT2D eigenvalue weighted by molar-refractivity contribution is -0.164. The molecule has 2 amide bonds. The first-order chi connectivity index (χ1) is 16.5. The number of benzene rings is 1. The van der Waals surface area contributed by atoms with E-state index < -0.39 is 35.1 Å². The van der Waals surface area contributed by atoms with Crippen LogP contribution < -0.4 is 5.32 Å². The van der Waals surface area contributed by atoms with Crippen molar-refractivity contribution >= 4 is 12.0 Å². The Hall–Kier alpha value is -4.02. The van der Waals surface area contributed by atoms with Crippen molar-refractivity contribution in [3.05, 3.63) is 53.6 Å². The van der Waals surface area contributed by atoms with Gasteiger partial charge in [-0.2, -0.15) is 10.5 Å². The number of nitriles is 2. The summed E-state index contributed by atoms with van der Waals surface area (Å²) in [5.41, 5.74) is -0.289. The van der Waals surface area contributed by atoms with Crippen LogP contribution in [0, 0.1) is 28.5 Å². The maximum absolute atomic E-state index is 14.7. The van der Waals surface area contributed by atoms with Crippen LogP contribution in [0.15, 0.2) is 36.5 Å². The molecular weight excluding hydrogens is 453 g/mol. The highest BCUT2D eigenvalue weighted by atomic mass is 19.1. The van der Waals surface area contributed by atoms with Crippen molar-refractivity contribution in [3.63, 3.8) is 0 Å². The van der Waals surface area contributed by atoms with Gasteiger partial charge in [-0.15, -0.1) is 0 Å². The molecule has 1 aromatic heterocycles. The molecule has 182 valence electrons. The standard InChI is InChI=1S/C25H26FN5O4/c1-24(2,3)35-23(33)31-14-25(15-31,34-4)22(32)30-19(12-28)10-21-20(26)9-18(13-29-21)17-7-5-16(11-27)6-8-17/h5-9,13,19H,10,14-15H2,1-4H3,(H,30,32). The summed E-state index contributed by atoms with van der Waals surface area (Å²) in [5, 5.41) is 21.0. The number of rotatable bonds is 6. The van der Waals surface area contributed by atoms with Gasteiger partial charge in [0.05, 0.1) is 36.5 Å². The van der Waals surface area contributed by atoms with Crippen molar-refractivity contribution in [3.8, 4) is 23.3 Å². The Morgan fingerprint density at radius 3 is 2.40 bits per heavy atom. The normalized spacial score (nSPS) is 15.2. The lowest BCUT2D eigenvalue weighted by Crippen LogP contribution is -2.71. The second kappa shape index (κ2) is 10.1. The highest BCUT2D eigenvalue weighted by Gasteiger charge is 2.53. The number of carbonyl (C=O) groups excluding carboxylic acids is 2. The van der Waals surface area contributed by atoms with E-state index in [0.29, 0.717) is 16.7 Å². The third-order valence-electron chi connectivity index (χ3n) is 5.47. The molecule has 1 aliphatic heterocycles. The molecule has 3 rings (SSSR count). The van der Waals surface area contributed by atoms with E-state index in [1.165, 1.54) is 24.3 Å². The zero-order valence-corrected chi connectivity index (χ0v) is 20.0. The summed E-state index contributed by atoms with van der Waals surface area (Å²) < 4.78 is 25.4. The fourth-order valence-electron chi connectivity index (χ4n) is 3.51. The van der Waals surface area contributed by atoms with Crippen LogP contribution >= 0.6 is 0 Å². The van der Waals surface area contributed by atoms with E-state index in [9.17, 15) is 19.2 Å².